The van der Waals surface area contributed by atoms with Crippen LogP contribution in [0, 0.1) is 16.0 Å². The van der Waals surface area contributed by atoms with Gasteiger partial charge >= 0.3 is 0 Å². The third-order valence-corrected chi connectivity index (χ3v) is 4.94. The van der Waals surface area contributed by atoms with Crippen molar-refractivity contribution in [1.82, 2.24) is 10.3 Å². The average Bonchev–Trinajstić information content (AvgIpc) is 3.39. The summed E-state index contributed by atoms with van der Waals surface area (Å²) in [6, 6.07) is 2.36. The number of thiazole rings is 1. The lowest BCUT2D eigenvalue weighted by Gasteiger charge is -2.14. The number of aromatic nitrogens is 1. The molecule has 1 fully saturated rings. The number of methoxy groups -OCH3 is 1. The number of hydrogen-bond donors (Lipinski definition) is 2. The highest BCUT2D eigenvalue weighted by atomic mass is 32.1. The minimum Gasteiger partial charge on any atom is -0.493 e. The molecule has 27 heavy (non-hydrogen) atoms. The van der Waals surface area contributed by atoms with Crippen molar-refractivity contribution in [3.63, 3.8) is 0 Å². The van der Waals surface area contributed by atoms with E-state index in [-0.39, 0.29) is 41.9 Å². The molecule has 3 N–H and O–H groups in total. The van der Waals surface area contributed by atoms with Crippen LogP contribution in [0.4, 0.5) is 5.69 Å². The number of nitro benzene ring substituents is 1. The van der Waals surface area contributed by atoms with Gasteiger partial charge in [0.05, 0.1) is 29.3 Å². The van der Waals surface area contributed by atoms with Crippen LogP contribution < -0.4 is 20.5 Å². The zero-order chi connectivity index (χ0) is 19.4. The number of carbonyl (C=O) groups excluding carboxylic acids is 1. The van der Waals surface area contributed by atoms with Crippen molar-refractivity contribution in [3.8, 4) is 11.5 Å². The standard InChI is InChI=1S/C17H20N4O5S/c1-25-15-4-12(17(22)19-6-13(18)10-2-3-10)14(21(23)24)5-16(15)26-7-11-8-27-9-20-11/h4-5,8-10,13H,2-3,6-7,18H2,1H3,(H,19,22). The van der Waals surface area contributed by atoms with Gasteiger partial charge in [-0.25, -0.2) is 4.98 Å². The van der Waals surface area contributed by atoms with Crippen LogP contribution in [0.15, 0.2) is 23.0 Å². The molecule has 1 aliphatic rings. The van der Waals surface area contributed by atoms with Gasteiger partial charge in [0, 0.05) is 24.0 Å². The number of nitrogens with two attached hydrogens (primary N) is 1. The van der Waals surface area contributed by atoms with Crippen molar-refractivity contribution in [1.29, 1.82) is 0 Å². The average molecular weight is 392 g/mol. The van der Waals surface area contributed by atoms with Crippen LogP contribution in [0.2, 0.25) is 0 Å². The molecule has 3 rings (SSSR count). The molecule has 1 amide bonds. The fourth-order valence-corrected chi connectivity index (χ4v) is 3.15. The Balaban J connectivity index is 1.79. The molecule has 1 aromatic carbocycles. The highest BCUT2D eigenvalue weighted by molar-refractivity contribution is 7.07. The molecule has 0 radical (unpaired) electrons. The van der Waals surface area contributed by atoms with Crippen LogP contribution in [0.1, 0.15) is 28.9 Å². The van der Waals surface area contributed by atoms with E-state index in [0.717, 1.165) is 12.8 Å². The number of nitrogens with zero attached hydrogens (tertiary/aromatic N) is 2. The summed E-state index contributed by atoms with van der Waals surface area (Å²) in [6.07, 6.45) is 2.10. The molecule has 1 aliphatic carbocycles. The molecule has 144 valence electrons. The number of nitro groups is 1. The molecule has 0 saturated heterocycles. The number of benzene rings is 1. The van der Waals surface area contributed by atoms with Gasteiger partial charge in [-0.3, -0.25) is 14.9 Å². The van der Waals surface area contributed by atoms with Gasteiger partial charge in [-0.05, 0) is 18.8 Å². The van der Waals surface area contributed by atoms with E-state index >= 15 is 0 Å². The molecule has 0 aliphatic heterocycles. The van der Waals surface area contributed by atoms with Gasteiger partial charge < -0.3 is 20.5 Å². The maximum atomic E-state index is 12.5. The van der Waals surface area contributed by atoms with Crippen molar-refractivity contribution < 1.29 is 19.2 Å². The van der Waals surface area contributed by atoms with Gasteiger partial charge in [0.1, 0.15) is 12.2 Å². The zero-order valence-electron chi connectivity index (χ0n) is 14.7. The molecule has 9 nitrogen and oxygen atoms in total. The van der Waals surface area contributed by atoms with Crippen LogP contribution in [0.25, 0.3) is 0 Å². The lowest BCUT2D eigenvalue weighted by Crippen LogP contribution is -2.38. The Morgan fingerprint density at radius 2 is 2.26 bits per heavy atom. The Kier molecular flexibility index (Phi) is 5.87. The van der Waals surface area contributed by atoms with Crippen molar-refractivity contribution >= 4 is 22.9 Å². The molecular weight excluding hydrogens is 372 g/mol. The van der Waals surface area contributed by atoms with Crippen LogP contribution in [-0.4, -0.2) is 35.5 Å². The van der Waals surface area contributed by atoms with E-state index in [2.05, 4.69) is 10.3 Å². The normalized spacial score (nSPS) is 14.4. The second-order valence-corrected chi connectivity index (χ2v) is 6.98. The fraction of sp³-hybridized carbons (Fsp3) is 0.412. The van der Waals surface area contributed by atoms with Crippen LogP contribution in [0.5, 0.6) is 11.5 Å². The van der Waals surface area contributed by atoms with E-state index in [4.69, 9.17) is 15.2 Å². The van der Waals surface area contributed by atoms with Crippen LogP contribution in [-0.2, 0) is 6.61 Å². The predicted molar refractivity (Wildman–Crippen MR) is 99.1 cm³/mol. The van der Waals surface area contributed by atoms with E-state index in [1.54, 1.807) is 5.51 Å². The predicted octanol–water partition coefficient (Wildman–Crippen LogP) is 2.11. The van der Waals surface area contributed by atoms with E-state index in [1.807, 2.05) is 5.38 Å². The number of ether oxygens (including phenoxy) is 2. The first-order valence-electron chi connectivity index (χ1n) is 8.39. The summed E-state index contributed by atoms with van der Waals surface area (Å²) in [7, 11) is 1.40. The molecule has 1 unspecified atom stereocenters. The Morgan fingerprint density at radius 1 is 1.48 bits per heavy atom. The minimum atomic E-state index is -0.620. The van der Waals surface area contributed by atoms with Gasteiger partial charge in [0.2, 0.25) is 0 Å². The molecule has 0 spiro atoms. The van der Waals surface area contributed by atoms with Crippen molar-refractivity contribution in [3.05, 3.63) is 44.4 Å². The third kappa shape index (κ3) is 4.72. The van der Waals surface area contributed by atoms with Crippen molar-refractivity contribution in [2.45, 2.75) is 25.5 Å². The quantitative estimate of drug-likeness (QED) is 0.494. The number of hydrogen-bond acceptors (Lipinski definition) is 8. The van der Waals surface area contributed by atoms with Crippen LogP contribution >= 0.6 is 11.3 Å². The van der Waals surface area contributed by atoms with Gasteiger partial charge in [-0.15, -0.1) is 11.3 Å². The first kappa shape index (κ1) is 19.1. The molecule has 1 heterocycles. The van der Waals surface area contributed by atoms with E-state index in [0.29, 0.717) is 11.6 Å². The maximum Gasteiger partial charge on any atom is 0.286 e. The molecule has 0 bridgehead atoms. The summed E-state index contributed by atoms with van der Waals surface area (Å²) >= 11 is 1.42. The Labute approximate surface area is 159 Å². The Morgan fingerprint density at radius 3 is 2.85 bits per heavy atom. The van der Waals surface area contributed by atoms with Gasteiger partial charge in [0.15, 0.2) is 11.5 Å². The monoisotopic (exact) mass is 392 g/mol. The smallest absolute Gasteiger partial charge is 0.286 e. The highest BCUT2D eigenvalue weighted by Crippen LogP contribution is 2.35. The summed E-state index contributed by atoms with van der Waals surface area (Å²) in [5.74, 6) is 0.245. The molecule has 1 saturated carbocycles. The SMILES string of the molecule is COc1cc(C(=O)NCC(N)C2CC2)c([N+](=O)[O-])cc1OCc1cscn1. The zero-order valence-corrected chi connectivity index (χ0v) is 15.5. The van der Waals surface area contributed by atoms with E-state index in [1.165, 1.54) is 30.6 Å². The lowest BCUT2D eigenvalue weighted by atomic mass is 10.1. The molecule has 10 heteroatoms. The number of rotatable bonds is 9. The first-order chi connectivity index (χ1) is 13.0. The Bertz CT molecular complexity index is 823. The van der Waals surface area contributed by atoms with Crippen LogP contribution in [0.3, 0.4) is 0 Å². The second-order valence-electron chi connectivity index (χ2n) is 6.26. The van der Waals surface area contributed by atoms with E-state index in [9.17, 15) is 14.9 Å². The van der Waals surface area contributed by atoms with Gasteiger partial charge in [-0.1, -0.05) is 0 Å². The minimum absolute atomic E-state index is 0.0964. The van der Waals surface area contributed by atoms with E-state index < -0.39 is 10.8 Å². The first-order valence-corrected chi connectivity index (χ1v) is 9.34. The largest absolute Gasteiger partial charge is 0.493 e. The molecule has 2 aromatic rings. The topological polar surface area (TPSA) is 130 Å². The number of carbonyl (C=O) groups is 1. The van der Waals surface area contributed by atoms with Crippen molar-refractivity contribution in [2.75, 3.05) is 13.7 Å². The molecular formula is C17H20N4O5S. The summed E-state index contributed by atoms with van der Waals surface area (Å²) in [6.45, 7) is 0.407. The van der Waals surface area contributed by atoms with Gasteiger partial charge in [0.25, 0.3) is 11.6 Å². The number of amides is 1. The summed E-state index contributed by atoms with van der Waals surface area (Å²) in [5, 5.41) is 15.9. The summed E-state index contributed by atoms with van der Waals surface area (Å²) in [5.41, 5.74) is 7.87. The second kappa shape index (κ2) is 8.31. The van der Waals surface area contributed by atoms with Gasteiger partial charge in [-0.2, -0.15) is 0 Å². The number of nitrogens with one attached hydrogen (secondary N) is 1. The lowest BCUT2D eigenvalue weighted by molar-refractivity contribution is -0.385. The summed E-state index contributed by atoms with van der Waals surface area (Å²) < 4.78 is 10.8. The highest BCUT2D eigenvalue weighted by Gasteiger charge is 2.30. The summed E-state index contributed by atoms with van der Waals surface area (Å²) in [4.78, 5) is 27.4. The van der Waals surface area contributed by atoms with Crippen molar-refractivity contribution in [2.24, 2.45) is 11.7 Å². The Hall–Kier alpha value is -2.72. The molecule has 1 atom stereocenters. The fourth-order valence-electron chi connectivity index (χ4n) is 2.61. The molecule has 1 aromatic heterocycles. The maximum absolute atomic E-state index is 12.5. The third-order valence-electron chi connectivity index (χ3n) is 4.31.